The number of aryl methyl sites for hydroxylation is 1. The van der Waals surface area contributed by atoms with Crippen LogP contribution in [0.15, 0.2) is 18.2 Å². The summed E-state index contributed by atoms with van der Waals surface area (Å²) in [5.74, 6) is 0. The Bertz CT molecular complexity index is 268. The average Bonchev–Trinajstić information content (AvgIpc) is 1.98. The van der Waals surface area contributed by atoms with E-state index in [4.69, 9.17) is 23.8 Å². The summed E-state index contributed by atoms with van der Waals surface area (Å²) in [6.07, 6.45) is 0.841. The molecule has 0 atom stereocenters. The standard InChI is InChI=1S/C9H9ClS/c1-7-6-8(4-5-11)2-3-9(7)10/h2-3,5-6H,4H2,1H3. The van der Waals surface area contributed by atoms with Gasteiger partial charge >= 0.3 is 0 Å². The first-order chi connectivity index (χ1) is 5.24. The number of hydrogen-bond donors (Lipinski definition) is 0. The van der Waals surface area contributed by atoms with Crippen molar-refractivity contribution in [1.82, 2.24) is 0 Å². The van der Waals surface area contributed by atoms with Crippen LogP contribution < -0.4 is 0 Å². The first-order valence-corrected chi connectivity index (χ1v) is 4.27. The van der Waals surface area contributed by atoms with Crippen LogP contribution >= 0.6 is 23.8 Å². The lowest BCUT2D eigenvalue weighted by Gasteiger charge is -1.99. The van der Waals surface area contributed by atoms with Crippen molar-refractivity contribution in [1.29, 1.82) is 0 Å². The number of benzene rings is 1. The van der Waals surface area contributed by atoms with Gasteiger partial charge in [-0.15, -0.1) is 0 Å². The molecule has 0 saturated heterocycles. The normalized spacial score (nSPS) is 9.64. The van der Waals surface area contributed by atoms with E-state index >= 15 is 0 Å². The van der Waals surface area contributed by atoms with Gasteiger partial charge in [0.25, 0.3) is 0 Å². The van der Waals surface area contributed by atoms with Crippen LogP contribution in [-0.4, -0.2) is 5.37 Å². The van der Waals surface area contributed by atoms with Crippen LogP contribution in [0.1, 0.15) is 11.1 Å². The fourth-order valence-corrected chi connectivity index (χ4v) is 1.24. The van der Waals surface area contributed by atoms with Crippen molar-refractivity contribution in [2.45, 2.75) is 13.3 Å². The summed E-state index contributed by atoms with van der Waals surface area (Å²) in [6.45, 7) is 2.00. The van der Waals surface area contributed by atoms with Gasteiger partial charge in [0.15, 0.2) is 0 Å². The molecule has 0 heterocycles. The van der Waals surface area contributed by atoms with E-state index in [-0.39, 0.29) is 0 Å². The summed E-state index contributed by atoms with van der Waals surface area (Å²) in [5.41, 5.74) is 2.34. The Hall–Kier alpha value is -0.400. The van der Waals surface area contributed by atoms with Crippen molar-refractivity contribution in [3.63, 3.8) is 0 Å². The molecule has 0 radical (unpaired) electrons. The predicted molar refractivity (Wildman–Crippen MR) is 53.5 cm³/mol. The molecule has 0 spiro atoms. The fraction of sp³-hybridized carbons (Fsp3) is 0.222. The molecule has 11 heavy (non-hydrogen) atoms. The Morgan fingerprint density at radius 2 is 2.27 bits per heavy atom. The van der Waals surface area contributed by atoms with E-state index in [0.29, 0.717) is 0 Å². The van der Waals surface area contributed by atoms with E-state index in [2.05, 4.69) is 6.07 Å². The highest BCUT2D eigenvalue weighted by Gasteiger charge is 1.95. The minimum Gasteiger partial charge on any atom is -0.0931 e. The number of thiocarbonyl (C=S) groups is 1. The molecule has 0 amide bonds. The molecule has 0 fully saturated rings. The van der Waals surface area contributed by atoms with Crippen molar-refractivity contribution >= 4 is 29.2 Å². The van der Waals surface area contributed by atoms with E-state index in [1.165, 1.54) is 5.56 Å². The van der Waals surface area contributed by atoms with E-state index in [9.17, 15) is 0 Å². The smallest absolute Gasteiger partial charge is 0.0435 e. The van der Waals surface area contributed by atoms with Gasteiger partial charge in [-0.05, 0) is 29.5 Å². The molecular weight excluding hydrogens is 176 g/mol. The maximum Gasteiger partial charge on any atom is 0.0435 e. The Morgan fingerprint density at radius 3 is 2.82 bits per heavy atom. The van der Waals surface area contributed by atoms with Crippen LogP contribution in [0.25, 0.3) is 0 Å². The summed E-state index contributed by atoms with van der Waals surface area (Å²) >= 11 is 10.6. The van der Waals surface area contributed by atoms with Gasteiger partial charge in [-0.2, -0.15) is 0 Å². The highest BCUT2D eigenvalue weighted by molar-refractivity contribution is 7.78. The monoisotopic (exact) mass is 184 g/mol. The van der Waals surface area contributed by atoms with Gasteiger partial charge in [-0.25, -0.2) is 0 Å². The Labute approximate surface area is 77.2 Å². The number of hydrogen-bond acceptors (Lipinski definition) is 1. The van der Waals surface area contributed by atoms with E-state index in [1.54, 1.807) is 5.37 Å². The molecule has 0 aliphatic rings. The van der Waals surface area contributed by atoms with E-state index in [0.717, 1.165) is 17.0 Å². The lowest BCUT2D eigenvalue weighted by atomic mass is 10.1. The van der Waals surface area contributed by atoms with Crippen molar-refractivity contribution in [2.75, 3.05) is 0 Å². The molecule has 0 saturated carbocycles. The third-order valence-electron chi connectivity index (χ3n) is 1.54. The highest BCUT2D eigenvalue weighted by atomic mass is 35.5. The summed E-state index contributed by atoms with van der Waals surface area (Å²) in [6, 6.07) is 5.97. The third kappa shape index (κ3) is 2.28. The van der Waals surface area contributed by atoms with Crippen molar-refractivity contribution in [2.24, 2.45) is 0 Å². The SMILES string of the molecule is Cc1cc(CC=S)ccc1Cl. The second-order valence-electron chi connectivity index (χ2n) is 2.45. The first-order valence-electron chi connectivity index (χ1n) is 3.42. The third-order valence-corrected chi connectivity index (χ3v) is 2.13. The maximum absolute atomic E-state index is 5.84. The lowest BCUT2D eigenvalue weighted by Crippen LogP contribution is -1.85. The summed E-state index contributed by atoms with van der Waals surface area (Å²) in [4.78, 5) is 0. The van der Waals surface area contributed by atoms with Crippen LogP contribution in [0.3, 0.4) is 0 Å². The molecule has 0 unspecified atom stereocenters. The van der Waals surface area contributed by atoms with Crippen LogP contribution in [0, 0.1) is 6.92 Å². The van der Waals surface area contributed by atoms with Crippen LogP contribution in [0.4, 0.5) is 0 Å². The zero-order chi connectivity index (χ0) is 8.27. The van der Waals surface area contributed by atoms with Crippen LogP contribution in [0.2, 0.25) is 5.02 Å². The second kappa shape index (κ2) is 3.84. The Kier molecular flexibility index (Phi) is 3.03. The zero-order valence-electron chi connectivity index (χ0n) is 6.30. The van der Waals surface area contributed by atoms with Gasteiger partial charge < -0.3 is 0 Å². The molecule has 58 valence electrons. The number of halogens is 1. The molecular formula is C9H9ClS. The van der Waals surface area contributed by atoms with Crippen molar-refractivity contribution in [3.05, 3.63) is 34.3 Å². The summed E-state index contributed by atoms with van der Waals surface area (Å²) < 4.78 is 0. The van der Waals surface area contributed by atoms with Gasteiger partial charge in [0.2, 0.25) is 0 Å². The molecule has 0 bridgehead atoms. The maximum atomic E-state index is 5.84. The molecule has 1 rings (SSSR count). The van der Waals surface area contributed by atoms with Gasteiger partial charge in [0.1, 0.15) is 0 Å². The summed E-state index contributed by atoms with van der Waals surface area (Å²) in [7, 11) is 0. The molecule has 1 aromatic rings. The molecule has 0 aliphatic heterocycles. The van der Waals surface area contributed by atoms with Gasteiger partial charge in [0, 0.05) is 11.4 Å². The summed E-state index contributed by atoms with van der Waals surface area (Å²) in [5, 5.41) is 2.54. The van der Waals surface area contributed by atoms with Gasteiger partial charge in [-0.3, -0.25) is 0 Å². The molecule has 0 N–H and O–H groups in total. The molecule has 0 nitrogen and oxygen atoms in total. The van der Waals surface area contributed by atoms with Gasteiger partial charge in [-0.1, -0.05) is 36.0 Å². The first kappa shape index (κ1) is 8.69. The Balaban J connectivity index is 2.95. The molecule has 0 aliphatic carbocycles. The van der Waals surface area contributed by atoms with Gasteiger partial charge in [0.05, 0.1) is 0 Å². The molecule has 0 aromatic heterocycles. The van der Waals surface area contributed by atoms with Crippen molar-refractivity contribution < 1.29 is 0 Å². The Morgan fingerprint density at radius 1 is 1.55 bits per heavy atom. The minimum atomic E-state index is 0.818. The number of rotatable bonds is 2. The van der Waals surface area contributed by atoms with Crippen molar-refractivity contribution in [3.8, 4) is 0 Å². The highest BCUT2D eigenvalue weighted by Crippen LogP contribution is 2.15. The average molecular weight is 185 g/mol. The van der Waals surface area contributed by atoms with E-state index in [1.807, 2.05) is 19.1 Å². The van der Waals surface area contributed by atoms with E-state index < -0.39 is 0 Å². The predicted octanol–water partition coefficient (Wildman–Crippen LogP) is 3.19. The zero-order valence-corrected chi connectivity index (χ0v) is 7.88. The lowest BCUT2D eigenvalue weighted by molar-refractivity contribution is 1.33. The largest absolute Gasteiger partial charge is 0.0931 e. The van der Waals surface area contributed by atoms with Crippen LogP contribution in [0.5, 0.6) is 0 Å². The molecule has 1 aromatic carbocycles. The second-order valence-corrected chi connectivity index (χ2v) is 3.19. The van der Waals surface area contributed by atoms with Crippen LogP contribution in [-0.2, 0) is 6.42 Å². The quantitative estimate of drug-likeness (QED) is 0.637. The minimum absolute atomic E-state index is 0.818. The molecule has 2 heteroatoms. The fourth-order valence-electron chi connectivity index (χ4n) is 0.930. The topological polar surface area (TPSA) is 0 Å².